The highest BCUT2D eigenvalue weighted by atomic mass is 32.2. The molecule has 230 valence electrons. The lowest BCUT2D eigenvalue weighted by Crippen LogP contribution is -2.34. The molecule has 0 N–H and O–H groups in total. The molecular formula is C45H28N2OS. The van der Waals surface area contributed by atoms with Crippen molar-refractivity contribution in [1.29, 1.82) is 0 Å². The highest BCUT2D eigenvalue weighted by Crippen LogP contribution is 2.57. The van der Waals surface area contributed by atoms with Crippen molar-refractivity contribution in [1.82, 2.24) is 9.97 Å². The van der Waals surface area contributed by atoms with Crippen molar-refractivity contribution in [3.63, 3.8) is 0 Å². The first kappa shape index (κ1) is 28.1. The van der Waals surface area contributed by atoms with E-state index in [2.05, 4.69) is 152 Å². The van der Waals surface area contributed by atoms with Gasteiger partial charge >= 0.3 is 0 Å². The molecule has 0 amide bonds. The summed E-state index contributed by atoms with van der Waals surface area (Å²) in [7, 11) is 0. The van der Waals surface area contributed by atoms with Crippen LogP contribution in [0.3, 0.4) is 0 Å². The first-order valence-electron chi connectivity index (χ1n) is 16.5. The lowest BCUT2D eigenvalue weighted by Gasteiger charge is -2.42. The van der Waals surface area contributed by atoms with Gasteiger partial charge in [-0.3, -0.25) is 0 Å². The number of furan rings is 1. The van der Waals surface area contributed by atoms with Gasteiger partial charge in [0.05, 0.1) is 5.41 Å². The summed E-state index contributed by atoms with van der Waals surface area (Å²) in [4.78, 5) is 13.1. The van der Waals surface area contributed by atoms with Crippen LogP contribution < -0.4 is 0 Å². The Morgan fingerprint density at radius 1 is 0.531 bits per heavy atom. The minimum atomic E-state index is -0.538. The SMILES string of the molecule is c1ccc(C2(c3ccccc3)c3ccccc3Sc3c(-c4nc(-c5ccc6ccccc6c5)c5oc6ccccc6c5n4)cccc32)cc1. The van der Waals surface area contributed by atoms with Crippen LogP contribution in [0.4, 0.5) is 0 Å². The Balaban J connectivity index is 1.29. The van der Waals surface area contributed by atoms with Crippen LogP contribution in [-0.2, 0) is 5.41 Å². The van der Waals surface area contributed by atoms with Crippen LogP contribution in [0.25, 0.3) is 55.5 Å². The summed E-state index contributed by atoms with van der Waals surface area (Å²) >= 11 is 1.81. The molecule has 0 saturated heterocycles. The molecule has 49 heavy (non-hydrogen) atoms. The van der Waals surface area contributed by atoms with E-state index < -0.39 is 5.41 Å². The summed E-state index contributed by atoms with van der Waals surface area (Å²) in [5.41, 5.74) is 9.52. The second-order valence-corrected chi connectivity index (χ2v) is 13.5. The van der Waals surface area contributed by atoms with Crippen LogP contribution in [-0.4, -0.2) is 9.97 Å². The number of nitrogens with zero attached hydrogens (tertiary/aromatic N) is 2. The summed E-state index contributed by atoms with van der Waals surface area (Å²) in [5.74, 6) is 0.681. The monoisotopic (exact) mass is 644 g/mol. The molecule has 0 spiro atoms. The van der Waals surface area contributed by atoms with Crippen LogP contribution in [0.1, 0.15) is 22.3 Å². The fourth-order valence-electron chi connectivity index (χ4n) is 7.65. The van der Waals surface area contributed by atoms with E-state index in [1.54, 1.807) is 11.8 Å². The Morgan fingerprint density at radius 3 is 2.02 bits per heavy atom. The van der Waals surface area contributed by atoms with E-state index in [1.165, 1.54) is 32.5 Å². The maximum absolute atomic E-state index is 6.52. The Hall–Kier alpha value is -5.97. The Kier molecular flexibility index (Phi) is 6.33. The molecule has 9 aromatic rings. The summed E-state index contributed by atoms with van der Waals surface area (Å²) in [5, 5.41) is 3.32. The molecule has 7 aromatic carbocycles. The number of aromatic nitrogens is 2. The van der Waals surface area contributed by atoms with Gasteiger partial charge in [-0.05, 0) is 57.3 Å². The molecule has 0 atom stereocenters. The van der Waals surface area contributed by atoms with Crippen LogP contribution in [0.5, 0.6) is 0 Å². The molecule has 3 heterocycles. The first-order valence-corrected chi connectivity index (χ1v) is 17.3. The maximum atomic E-state index is 6.52. The van der Waals surface area contributed by atoms with Gasteiger partial charge in [0.1, 0.15) is 16.8 Å². The normalized spacial score (nSPS) is 13.4. The summed E-state index contributed by atoms with van der Waals surface area (Å²) < 4.78 is 6.52. The number of hydrogen-bond acceptors (Lipinski definition) is 4. The third-order valence-electron chi connectivity index (χ3n) is 9.82. The first-order chi connectivity index (χ1) is 24.3. The van der Waals surface area contributed by atoms with Gasteiger partial charge in [0.25, 0.3) is 0 Å². The molecule has 1 aliphatic heterocycles. The van der Waals surface area contributed by atoms with Gasteiger partial charge in [-0.15, -0.1) is 0 Å². The summed E-state index contributed by atoms with van der Waals surface area (Å²) in [6.45, 7) is 0. The van der Waals surface area contributed by atoms with Gasteiger partial charge in [0.15, 0.2) is 11.4 Å². The summed E-state index contributed by atoms with van der Waals surface area (Å²) in [6, 6.07) is 60.3. The van der Waals surface area contributed by atoms with Gasteiger partial charge < -0.3 is 4.42 Å². The number of benzene rings is 7. The van der Waals surface area contributed by atoms with Gasteiger partial charge in [-0.1, -0.05) is 157 Å². The predicted octanol–water partition coefficient (Wildman–Crippen LogP) is 11.7. The molecule has 0 bridgehead atoms. The van der Waals surface area contributed by atoms with E-state index in [9.17, 15) is 0 Å². The van der Waals surface area contributed by atoms with Crippen LogP contribution in [0.15, 0.2) is 184 Å². The van der Waals surface area contributed by atoms with E-state index in [4.69, 9.17) is 14.4 Å². The van der Waals surface area contributed by atoms with Crippen molar-refractivity contribution < 1.29 is 4.42 Å². The molecule has 2 aromatic heterocycles. The van der Waals surface area contributed by atoms with Crippen molar-refractivity contribution in [3.05, 3.63) is 192 Å². The lowest BCUT2D eigenvalue weighted by molar-refractivity contribution is 0.667. The van der Waals surface area contributed by atoms with Crippen molar-refractivity contribution in [2.45, 2.75) is 15.2 Å². The Morgan fingerprint density at radius 2 is 1.20 bits per heavy atom. The standard InChI is InChI=1S/C45H28N2OS/c1-3-16-32(17-4-1)45(33-18-5-2-6-19-33)36-22-10-12-25-39(36)49-43-35(21-13-23-37(43)45)44-46-40(31-27-26-29-14-7-8-15-30(29)28-31)42-41(47-44)34-20-9-11-24-38(34)48-42/h1-28H. The molecule has 0 saturated carbocycles. The van der Waals surface area contributed by atoms with E-state index in [0.717, 1.165) is 43.6 Å². The fraction of sp³-hybridized carbons (Fsp3) is 0.0222. The van der Waals surface area contributed by atoms with Gasteiger partial charge in [-0.25, -0.2) is 9.97 Å². The quantitative estimate of drug-likeness (QED) is 0.191. The molecule has 3 nitrogen and oxygen atoms in total. The van der Waals surface area contributed by atoms with E-state index in [1.807, 2.05) is 18.2 Å². The minimum absolute atomic E-state index is 0.538. The summed E-state index contributed by atoms with van der Waals surface area (Å²) in [6.07, 6.45) is 0. The van der Waals surface area contributed by atoms with Gasteiger partial charge in [-0.2, -0.15) is 0 Å². The van der Waals surface area contributed by atoms with Gasteiger partial charge in [0.2, 0.25) is 0 Å². The number of para-hydroxylation sites is 1. The smallest absolute Gasteiger partial charge is 0.180 e. The molecule has 1 aliphatic rings. The number of fused-ring (bicyclic) bond motifs is 6. The number of hydrogen-bond donors (Lipinski definition) is 0. The highest BCUT2D eigenvalue weighted by molar-refractivity contribution is 7.99. The Labute approximate surface area is 287 Å². The van der Waals surface area contributed by atoms with Crippen molar-refractivity contribution in [2.24, 2.45) is 0 Å². The van der Waals surface area contributed by atoms with Crippen LogP contribution in [0.2, 0.25) is 0 Å². The zero-order valence-electron chi connectivity index (χ0n) is 26.4. The second-order valence-electron chi connectivity index (χ2n) is 12.5. The second kappa shape index (κ2) is 11.0. The molecule has 0 aliphatic carbocycles. The zero-order chi connectivity index (χ0) is 32.4. The van der Waals surface area contributed by atoms with E-state index in [-0.39, 0.29) is 0 Å². The average molecular weight is 645 g/mol. The van der Waals surface area contributed by atoms with Crippen LogP contribution >= 0.6 is 11.8 Å². The lowest BCUT2D eigenvalue weighted by atomic mass is 9.64. The van der Waals surface area contributed by atoms with Crippen LogP contribution in [0, 0.1) is 0 Å². The fourth-order valence-corrected chi connectivity index (χ4v) is 8.95. The van der Waals surface area contributed by atoms with E-state index >= 15 is 0 Å². The Bertz CT molecular complexity index is 2660. The molecule has 4 heteroatoms. The minimum Gasteiger partial charge on any atom is -0.452 e. The molecular weight excluding hydrogens is 617 g/mol. The largest absolute Gasteiger partial charge is 0.452 e. The zero-order valence-corrected chi connectivity index (χ0v) is 27.2. The maximum Gasteiger partial charge on any atom is 0.180 e. The molecule has 0 fully saturated rings. The average Bonchev–Trinajstić information content (AvgIpc) is 3.55. The third kappa shape index (κ3) is 4.24. The molecule has 0 radical (unpaired) electrons. The topological polar surface area (TPSA) is 38.9 Å². The molecule has 10 rings (SSSR count). The molecule has 0 unspecified atom stereocenters. The third-order valence-corrected chi connectivity index (χ3v) is 11.0. The van der Waals surface area contributed by atoms with Gasteiger partial charge in [0, 0.05) is 26.3 Å². The van der Waals surface area contributed by atoms with Crippen molar-refractivity contribution in [2.75, 3.05) is 0 Å². The van der Waals surface area contributed by atoms with Crippen molar-refractivity contribution in [3.8, 4) is 22.6 Å². The van der Waals surface area contributed by atoms with E-state index in [0.29, 0.717) is 11.4 Å². The predicted molar refractivity (Wildman–Crippen MR) is 200 cm³/mol. The number of rotatable bonds is 4. The highest BCUT2D eigenvalue weighted by Gasteiger charge is 2.45. The van der Waals surface area contributed by atoms with Crippen molar-refractivity contribution >= 4 is 44.6 Å².